The maximum Gasteiger partial charge on any atom is 0.119 e. The third-order valence-electron chi connectivity index (χ3n) is 2.62. The van der Waals surface area contributed by atoms with Crippen molar-refractivity contribution < 1.29 is 14.6 Å². The average Bonchev–Trinajstić information content (AvgIpc) is 2.46. The number of rotatable bonds is 4. The number of benzene rings is 2. The predicted octanol–water partition coefficient (Wildman–Crippen LogP) is 1.50. The highest BCUT2D eigenvalue weighted by molar-refractivity contribution is 5.87. The van der Waals surface area contributed by atoms with E-state index in [-0.39, 0.29) is 12.2 Å². The summed E-state index contributed by atoms with van der Waals surface area (Å²) in [5, 5.41) is 19.6. The normalized spacial score (nSPS) is 9.63. The van der Waals surface area contributed by atoms with Gasteiger partial charge in [0.1, 0.15) is 12.4 Å². The van der Waals surface area contributed by atoms with Crippen LogP contribution in [-0.4, -0.2) is 5.97 Å². The molecule has 19 heavy (non-hydrogen) atoms. The zero-order valence-corrected chi connectivity index (χ0v) is 10.00. The number of carbonyl (C=O) groups is 1. The fourth-order valence-corrected chi connectivity index (χ4v) is 1.63. The fraction of sp³-hybridized carbons (Fsp3) is 0.0667. The Morgan fingerprint density at radius 1 is 1.16 bits per heavy atom. The van der Waals surface area contributed by atoms with Gasteiger partial charge < -0.3 is 14.6 Å². The maximum atomic E-state index is 10.9. The van der Waals surface area contributed by atoms with Crippen molar-refractivity contribution in [3.63, 3.8) is 0 Å². The number of hydrogen-bond acceptors (Lipinski definition) is 4. The van der Waals surface area contributed by atoms with Crippen molar-refractivity contribution in [2.24, 2.45) is 0 Å². The van der Waals surface area contributed by atoms with Gasteiger partial charge in [0, 0.05) is 5.56 Å². The van der Waals surface area contributed by atoms with Crippen LogP contribution in [0.25, 0.3) is 0 Å². The lowest BCUT2D eigenvalue weighted by molar-refractivity contribution is -0.255. The molecule has 2 aromatic rings. The minimum atomic E-state index is -1.22. The van der Waals surface area contributed by atoms with Gasteiger partial charge in [-0.15, -0.1) is 0 Å². The zero-order chi connectivity index (χ0) is 13.7. The van der Waals surface area contributed by atoms with E-state index in [4.69, 9.17) is 10.00 Å². The number of nitrogens with zero attached hydrogens (tertiary/aromatic N) is 1. The van der Waals surface area contributed by atoms with Gasteiger partial charge >= 0.3 is 0 Å². The zero-order valence-electron chi connectivity index (χ0n) is 10.00. The van der Waals surface area contributed by atoms with Crippen LogP contribution in [0, 0.1) is 11.3 Å². The van der Waals surface area contributed by atoms with Crippen LogP contribution < -0.4 is 9.84 Å². The standard InChI is InChI=1S/C15H11NO3/c16-9-11-5-7-13(8-6-11)19-10-12-3-1-2-4-14(12)15(17)18/h1-8H,10H2,(H,17,18)/p-1. The van der Waals surface area contributed by atoms with Crippen molar-refractivity contribution in [2.45, 2.75) is 6.61 Å². The predicted molar refractivity (Wildman–Crippen MR) is 66.3 cm³/mol. The maximum absolute atomic E-state index is 10.9. The molecule has 94 valence electrons. The highest BCUT2D eigenvalue weighted by Crippen LogP contribution is 2.15. The monoisotopic (exact) mass is 252 g/mol. The van der Waals surface area contributed by atoms with E-state index in [0.717, 1.165) is 0 Å². The highest BCUT2D eigenvalue weighted by Gasteiger charge is 2.03. The van der Waals surface area contributed by atoms with Crippen molar-refractivity contribution in [1.29, 1.82) is 5.26 Å². The molecule has 0 atom stereocenters. The lowest BCUT2D eigenvalue weighted by atomic mass is 10.1. The molecule has 0 aliphatic rings. The van der Waals surface area contributed by atoms with E-state index >= 15 is 0 Å². The number of carboxylic acid groups (broad SMARTS) is 1. The average molecular weight is 252 g/mol. The summed E-state index contributed by atoms with van der Waals surface area (Å²) < 4.78 is 5.48. The Labute approximate surface area is 110 Å². The smallest absolute Gasteiger partial charge is 0.119 e. The minimum Gasteiger partial charge on any atom is -0.545 e. The molecule has 2 aromatic carbocycles. The van der Waals surface area contributed by atoms with Crippen molar-refractivity contribution in [1.82, 2.24) is 0 Å². The van der Waals surface area contributed by atoms with Crippen LogP contribution in [0.3, 0.4) is 0 Å². The van der Waals surface area contributed by atoms with E-state index in [1.165, 1.54) is 6.07 Å². The summed E-state index contributed by atoms with van der Waals surface area (Å²) >= 11 is 0. The number of nitriles is 1. The fourth-order valence-electron chi connectivity index (χ4n) is 1.63. The molecule has 2 rings (SSSR count). The van der Waals surface area contributed by atoms with Crippen LogP contribution in [0.2, 0.25) is 0 Å². The van der Waals surface area contributed by atoms with E-state index in [1.807, 2.05) is 6.07 Å². The van der Waals surface area contributed by atoms with E-state index in [1.54, 1.807) is 42.5 Å². The van der Waals surface area contributed by atoms with Gasteiger partial charge in [-0.1, -0.05) is 24.3 Å². The molecular weight excluding hydrogens is 242 g/mol. The van der Waals surface area contributed by atoms with Gasteiger partial charge in [0.15, 0.2) is 0 Å². The Morgan fingerprint density at radius 3 is 2.47 bits per heavy atom. The first kappa shape index (κ1) is 12.7. The molecule has 0 saturated carbocycles. The molecule has 0 saturated heterocycles. The second-order valence-corrected chi connectivity index (χ2v) is 3.87. The Balaban J connectivity index is 2.10. The molecule has 0 bridgehead atoms. The van der Waals surface area contributed by atoms with Crippen molar-refractivity contribution in [3.8, 4) is 11.8 Å². The molecule has 4 nitrogen and oxygen atoms in total. The molecular formula is C15H10NO3-. The summed E-state index contributed by atoms with van der Waals surface area (Å²) in [6, 6.07) is 15.2. The molecule has 0 aliphatic heterocycles. The topological polar surface area (TPSA) is 73.1 Å². The largest absolute Gasteiger partial charge is 0.545 e. The van der Waals surface area contributed by atoms with Crippen LogP contribution in [0.4, 0.5) is 0 Å². The molecule has 0 N–H and O–H groups in total. The van der Waals surface area contributed by atoms with Gasteiger partial charge in [-0.05, 0) is 29.8 Å². The second kappa shape index (κ2) is 5.69. The Hall–Kier alpha value is -2.80. The minimum absolute atomic E-state index is 0.121. The summed E-state index contributed by atoms with van der Waals surface area (Å²) in [5.74, 6) is -0.647. The summed E-state index contributed by atoms with van der Waals surface area (Å²) in [4.78, 5) is 10.9. The number of aromatic carboxylic acids is 1. The molecule has 0 aliphatic carbocycles. The van der Waals surface area contributed by atoms with Gasteiger partial charge in [0.2, 0.25) is 0 Å². The number of ether oxygens (including phenoxy) is 1. The Morgan fingerprint density at radius 2 is 1.84 bits per heavy atom. The molecule has 0 spiro atoms. The van der Waals surface area contributed by atoms with Crippen molar-refractivity contribution in [3.05, 3.63) is 65.2 Å². The van der Waals surface area contributed by atoms with Crippen LogP contribution in [-0.2, 0) is 6.61 Å². The van der Waals surface area contributed by atoms with Crippen LogP contribution in [0.5, 0.6) is 5.75 Å². The summed E-state index contributed by atoms with van der Waals surface area (Å²) in [5.41, 5.74) is 1.21. The summed E-state index contributed by atoms with van der Waals surface area (Å²) in [6.07, 6.45) is 0. The van der Waals surface area contributed by atoms with Gasteiger partial charge in [0.25, 0.3) is 0 Å². The molecule has 0 amide bonds. The van der Waals surface area contributed by atoms with E-state index in [9.17, 15) is 9.90 Å². The first-order valence-corrected chi connectivity index (χ1v) is 5.63. The first-order chi connectivity index (χ1) is 9.20. The number of carbonyl (C=O) groups excluding carboxylic acids is 1. The van der Waals surface area contributed by atoms with Crippen molar-refractivity contribution >= 4 is 5.97 Å². The van der Waals surface area contributed by atoms with E-state index in [2.05, 4.69) is 0 Å². The lowest BCUT2D eigenvalue weighted by Crippen LogP contribution is -2.24. The molecule has 4 heteroatoms. The van der Waals surface area contributed by atoms with Gasteiger partial charge in [-0.25, -0.2) is 0 Å². The SMILES string of the molecule is N#Cc1ccc(OCc2ccccc2C(=O)[O-])cc1. The number of hydrogen-bond donors (Lipinski definition) is 0. The second-order valence-electron chi connectivity index (χ2n) is 3.87. The van der Waals surface area contributed by atoms with E-state index in [0.29, 0.717) is 16.9 Å². The molecule has 0 heterocycles. The third kappa shape index (κ3) is 3.11. The molecule has 0 radical (unpaired) electrons. The van der Waals surface area contributed by atoms with Crippen molar-refractivity contribution in [2.75, 3.05) is 0 Å². The highest BCUT2D eigenvalue weighted by atomic mass is 16.5. The summed E-state index contributed by atoms with van der Waals surface area (Å²) in [7, 11) is 0. The quantitative estimate of drug-likeness (QED) is 0.826. The van der Waals surface area contributed by atoms with Gasteiger partial charge in [-0.3, -0.25) is 0 Å². The van der Waals surface area contributed by atoms with E-state index < -0.39 is 5.97 Å². The van der Waals surface area contributed by atoms with Crippen LogP contribution in [0.15, 0.2) is 48.5 Å². The Kier molecular flexibility index (Phi) is 3.79. The van der Waals surface area contributed by atoms with Crippen LogP contribution >= 0.6 is 0 Å². The summed E-state index contributed by atoms with van der Waals surface area (Å²) in [6.45, 7) is 0.135. The Bertz CT molecular complexity index is 627. The first-order valence-electron chi connectivity index (χ1n) is 5.63. The third-order valence-corrected chi connectivity index (χ3v) is 2.62. The number of carboxylic acids is 1. The molecule has 0 unspecified atom stereocenters. The van der Waals surface area contributed by atoms with Gasteiger partial charge in [0.05, 0.1) is 17.6 Å². The van der Waals surface area contributed by atoms with Crippen LogP contribution in [0.1, 0.15) is 21.5 Å². The van der Waals surface area contributed by atoms with Gasteiger partial charge in [-0.2, -0.15) is 5.26 Å². The molecule has 0 fully saturated rings. The lowest BCUT2D eigenvalue weighted by Gasteiger charge is -2.11. The molecule has 0 aromatic heterocycles.